The van der Waals surface area contributed by atoms with Crippen LogP contribution in [-0.2, 0) is 0 Å². The first-order valence-electron chi connectivity index (χ1n) is 6.01. The van der Waals surface area contributed by atoms with E-state index in [9.17, 15) is 4.39 Å². The van der Waals surface area contributed by atoms with Gasteiger partial charge in [-0.3, -0.25) is 5.41 Å². The molecule has 1 atom stereocenters. The Hall–Kier alpha value is -1.58. The van der Waals surface area contributed by atoms with E-state index >= 15 is 0 Å². The molecule has 0 aliphatic rings. The smallest absolute Gasteiger partial charge is 0.125 e. The molecule has 3 nitrogen and oxygen atoms in total. The molecule has 0 fully saturated rings. The van der Waals surface area contributed by atoms with Crippen LogP contribution in [0.3, 0.4) is 0 Å². The molecule has 100 valence electrons. The van der Waals surface area contributed by atoms with Crippen molar-refractivity contribution in [1.82, 2.24) is 0 Å². The van der Waals surface area contributed by atoms with Crippen molar-refractivity contribution in [3.8, 4) is 0 Å². The summed E-state index contributed by atoms with van der Waals surface area (Å²) in [7, 11) is 1.94. The van der Waals surface area contributed by atoms with Gasteiger partial charge < -0.3 is 10.6 Å². The molecule has 0 aliphatic heterocycles. The van der Waals surface area contributed by atoms with Gasteiger partial charge in [0.1, 0.15) is 11.7 Å². The molecule has 0 spiro atoms. The van der Waals surface area contributed by atoms with Gasteiger partial charge in [-0.1, -0.05) is 20.8 Å². The van der Waals surface area contributed by atoms with Crippen molar-refractivity contribution in [2.24, 2.45) is 11.1 Å². The Morgan fingerprint density at radius 1 is 1.39 bits per heavy atom. The van der Waals surface area contributed by atoms with Crippen LogP contribution < -0.4 is 10.6 Å². The molecule has 0 saturated heterocycles. The summed E-state index contributed by atoms with van der Waals surface area (Å²) >= 11 is 0. The van der Waals surface area contributed by atoms with Crippen molar-refractivity contribution in [2.45, 2.75) is 33.7 Å². The van der Waals surface area contributed by atoms with Crippen LogP contribution in [0.5, 0.6) is 0 Å². The van der Waals surface area contributed by atoms with E-state index in [-0.39, 0.29) is 23.1 Å². The second kappa shape index (κ2) is 4.96. The standard InChI is InChI=1S/C14H22FN3/c1-9(14(2,3)4)18(5)12-7-6-10(15)8-11(12)13(16)17/h6-9H,1-5H3,(H3,16,17). The predicted octanol–water partition coefficient (Wildman–Crippen LogP) is 2.98. The molecule has 1 aromatic carbocycles. The van der Waals surface area contributed by atoms with Gasteiger partial charge in [-0.15, -0.1) is 0 Å². The molecule has 0 aliphatic carbocycles. The van der Waals surface area contributed by atoms with Crippen LogP contribution in [-0.4, -0.2) is 18.9 Å². The van der Waals surface area contributed by atoms with Crippen molar-refractivity contribution in [3.63, 3.8) is 0 Å². The van der Waals surface area contributed by atoms with E-state index < -0.39 is 0 Å². The molecule has 0 bridgehead atoms. The molecule has 0 saturated carbocycles. The van der Waals surface area contributed by atoms with E-state index in [0.717, 1.165) is 5.69 Å². The van der Waals surface area contributed by atoms with E-state index in [0.29, 0.717) is 5.56 Å². The van der Waals surface area contributed by atoms with Gasteiger partial charge >= 0.3 is 0 Å². The Labute approximate surface area is 108 Å². The first-order valence-corrected chi connectivity index (χ1v) is 6.01. The van der Waals surface area contributed by atoms with Crippen LogP contribution in [0.15, 0.2) is 18.2 Å². The highest BCUT2D eigenvalue weighted by Gasteiger charge is 2.25. The molecular weight excluding hydrogens is 229 g/mol. The summed E-state index contributed by atoms with van der Waals surface area (Å²) in [5.41, 5.74) is 6.82. The first-order chi connectivity index (χ1) is 8.14. The molecule has 4 heteroatoms. The minimum absolute atomic E-state index is 0.0806. The maximum Gasteiger partial charge on any atom is 0.125 e. The molecule has 1 aromatic rings. The van der Waals surface area contributed by atoms with Crippen LogP contribution in [0.4, 0.5) is 10.1 Å². The Bertz CT molecular complexity index is 449. The van der Waals surface area contributed by atoms with Gasteiger partial charge in [0.25, 0.3) is 0 Å². The number of anilines is 1. The second-order valence-corrected chi connectivity index (χ2v) is 5.73. The van der Waals surface area contributed by atoms with Crippen molar-refractivity contribution >= 4 is 11.5 Å². The van der Waals surface area contributed by atoms with Crippen molar-refractivity contribution in [2.75, 3.05) is 11.9 Å². The van der Waals surface area contributed by atoms with Crippen LogP contribution >= 0.6 is 0 Å². The molecule has 1 rings (SSSR count). The topological polar surface area (TPSA) is 53.1 Å². The molecule has 3 N–H and O–H groups in total. The summed E-state index contributed by atoms with van der Waals surface area (Å²) in [6.07, 6.45) is 0. The zero-order valence-electron chi connectivity index (χ0n) is 11.7. The number of nitrogens with one attached hydrogen (secondary N) is 1. The highest BCUT2D eigenvalue weighted by molar-refractivity contribution is 6.00. The van der Waals surface area contributed by atoms with Gasteiger partial charge in [0.15, 0.2) is 0 Å². The lowest BCUT2D eigenvalue weighted by atomic mass is 9.86. The maximum absolute atomic E-state index is 13.2. The van der Waals surface area contributed by atoms with E-state index in [1.807, 2.05) is 11.9 Å². The predicted molar refractivity (Wildman–Crippen MR) is 74.7 cm³/mol. The first kappa shape index (κ1) is 14.5. The summed E-state index contributed by atoms with van der Waals surface area (Å²) in [5.74, 6) is -0.488. The lowest BCUT2D eigenvalue weighted by Crippen LogP contribution is -2.40. The summed E-state index contributed by atoms with van der Waals surface area (Å²) in [5, 5.41) is 7.55. The van der Waals surface area contributed by atoms with Crippen LogP contribution in [0.25, 0.3) is 0 Å². The zero-order chi connectivity index (χ0) is 14.1. The van der Waals surface area contributed by atoms with Crippen LogP contribution in [0.2, 0.25) is 0 Å². The van der Waals surface area contributed by atoms with Crippen LogP contribution in [0, 0.1) is 16.6 Å². The Morgan fingerprint density at radius 2 is 1.94 bits per heavy atom. The fourth-order valence-corrected chi connectivity index (χ4v) is 1.82. The number of nitrogen functional groups attached to an aromatic ring is 1. The number of nitrogens with two attached hydrogens (primary N) is 1. The van der Waals surface area contributed by atoms with E-state index in [1.165, 1.54) is 12.1 Å². The summed E-state index contributed by atoms with van der Waals surface area (Å²) in [4.78, 5) is 2.04. The molecule has 0 amide bonds. The zero-order valence-corrected chi connectivity index (χ0v) is 11.7. The van der Waals surface area contributed by atoms with Gasteiger partial charge in [-0.2, -0.15) is 0 Å². The van der Waals surface area contributed by atoms with Gasteiger partial charge in [-0.25, -0.2) is 4.39 Å². The quantitative estimate of drug-likeness (QED) is 0.641. The number of nitrogens with zero attached hydrogens (tertiary/aromatic N) is 1. The van der Waals surface area contributed by atoms with Crippen molar-refractivity contribution < 1.29 is 4.39 Å². The maximum atomic E-state index is 13.2. The van der Waals surface area contributed by atoms with Crippen molar-refractivity contribution in [3.05, 3.63) is 29.6 Å². The lowest BCUT2D eigenvalue weighted by molar-refractivity contribution is 0.329. The molecule has 18 heavy (non-hydrogen) atoms. The van der Waals surface area contributed by atoms with Gasteiger partial charge in [0, 0.05) is 24.3 Å². The van der Waals surface area contributed by atoms with Crippen molar-refractivity contribution in [1.29, 1.82) is 5.41 Å². The Kier molecular flexibility index (Phi) is 3.99. The fraction of sp³-hybridized carbons (Fsp3) is 0.500. The number of hydrogen-bond acceptors (Lipinski definition) is 2. The van der Waals surface area contributed by atoms with Gasteiger partial charge in [0.05, 0.1) is 0 Å². The third kappa shape index (κ3) is 3.00. The number of rotatable bonds is 3. The molecule has 1 unspecified atom stereocenters. The third-order valence-electron chi connectivity index (χ3n) is 3.46. The number of amidine groups is 1. The average molecular weight is 251 g/mol. The molecule has 0 aromatic heterocycles. The van der Waals surface area contributed by atoms with E-state index in [2.05, 4.69) is 27.7 Å². The van der Waals surface area contributed by atoms with E-state index in [1.54, 1.807) is 6.07 Å². The Balaban J connectivity index is 3.21. The monoisotopic (exact) mass is 251 g/mol. The highest BCUT2D eigenvalue weighted by Crippen LogP contribution is 2.29. The molecular formula is C14H22FN3. The largest absolute Gasteiger partial charge is 0.384 e. The average Bonchev–Trinajstić information content (AvgIpc) is 2.25. The fourth-order valence-electron chi connectivity index (χ4n) is 1.82. The normalized spacial score (nSPS) is 13.2. The third-order valence-corrected chi connectivity index (χ3v) is 3.46. The highest BCUT2D eigenvalue weighted by atomic mass is 19.1. The lowest BCUT2D eigenvalue weighted by Gasteiger charge is -2.37. The summed E-state index contributed by atoms with van der Waals surface area (Å²) in [6, 6.07) is 4.62. The van der Waals surface area contributed by atoms with Gasteiger partial charge in [0.2, 0.25) is 0 Å². The van der Waals surface area contributed by atoms with Crippen LogP contribution in [0.1, 0.15) is 33.3 Å². The number of benzene rings is 1. The minimum Gasteiger partial charge on any atom is -0.384 e. The molecule has 0 heterocycles. The van der Waals surface area contributed by atoms with Gasteiger partial charge in [-0.05, 0) is 30.5 Å². The number of hydrogen-bond donors (Lipinski definition) is 2. The number of halogens is 1. The minimum atomic E-state index is -0.374. The van der Waals surface area contributed by atoms with E-state index in [4.69, 9.17) is 11.1 Å². The SMILES string of the molecule is CC(N(C)c1ccc(F)cc1C(=N)N)C(C)(C)C. The summed E-state index contributed by atoms with van der Waals surface area (Å²) in [6.45, 7) is 8.54. The molecule has 0 radical (unpaired) electrons. The Morgan fingerprint density at radius 3 is 2.39 bits per heavy atom. The second-order valence-electron chi connectivity index (χ2n) is 5.73. The summed E-state index contributed by atoms with van der Waals surface area (Å²) < 4.78 is 13.2.